The number of rotatable bonds is 13. The summed E-state index contributed by atoms with van der Waals surface area (Å²) in [5.41, 5.74) is 1.50. The molecule has 0 aromatic heterocycles. The number of carbonyl (C=O) groups excluding carboxylic acids is 2. The van der Waals surface area contributed by atoms with Gasteiger partial charge in [-0.2, -0.15) is 0 Å². The number of Topliss-reactive ketones (excluding diaryl/α,β-unsaturated/α-hetero) is 2. The Morgan fingerprint density at radius 1 is 0.795 bits per heavy atom. The Balaban J connectivity index is 1.53. The van der Waals surface area contributed by atoms with Gasteiger partial charge in [0.2, 0.25) is 6.29 Å². The smallest absolute Gasteiger partial charge is 0.335 e. The van der Waals surface area contributed by atoms with Gasteiger partial charge in [-0.05, 0) is 48.2 Å². The highest BCUT2D eigenvalue weighted by molar-refractivity contribution is 5.99. The number of phenolic OH excluding ortho intramolecular Hbond substituents is 1. The van der Waals surface area contributed by atoms with Crippen LogP contribution in [0.15, 0.2) is 36.4 Å². The summed E-state index contributed by atoms with van der Waals surface area (Å²) in [6, 6.07) is 9.49. The van der Waals surface area contributed by atoms with E-state index >= 15 is 0 Å². The lowest BCUT2D eigenvalue weighted by Crippen LogP contribution is -2.61. The largest absolute Gasteiger partial charge is 0.504 e. The fraction of sp³-hybridized carbons (Fsp3) is 0.444. The molecule has 5 atom stereocenters. The van der Waals surface area contributed by atoms with Crippen molar-refractivity contribution in [2.45, 2.75) is 62.8 Å². The van der Waals surface area contributed by atoms with Gasteiger partial charge < -0.3 is 44.5 Å². The van der Waals surface area contributed by atoms with Crippen molar-refractivity contribution in [3.63, 3.8) is 0 Å². The summed E-state index contributed by atoms with van der Waals surface area (Å²) in [7, 11) is 2.79. The summed E-state index contributed by atoms with van der Waals surface area (Å²) in [5.74, 6) is -1.38. The van der Waals surface area contributed by atoms with Gasteiger partial charge in [-0.15, -0.1) is 0 Å². The molecule has 3 rings (SSSR count). The number of aromatic hydroxyl groups is 1. The highest BCUT2D eigenvalue weighted by Gasteiger charge is 2.48. The number of hydrogen-bond acceptors (Lipinski definition) is 11. The van der Waals surface area contributed by atoms with Crippen molar-refractivity contribution in [1.29, 1.82) is 0 Å². The number of phenols is 1. The van der Waals surface area contributed by atoms with E-state index < -0.39 is 36.7 Å². The van der Waals surface area contributed by atoms with Crippen LogP contribution in [-0.4, -0.2) is 88.0 Å². The minimum absolute atomic E-state index is 0.00403. The molecule has 12 heteroatoms. The predicted molar refractivity (Wildman–Crippen MR) is 134 cm³/mol. The van der Waals surface area contributed by atoms with Gasteiger partial charge in [0.15, 0.2) is 29.1 Å². The SMILES string of the molecule is COc1cc(CCC(=O)CC(=O)CCc2ccc(O[C@@H]3O[C@@H](C(=O)O)[C@@H](O)[C@@H](O)[C@@H]3O)c(OC)c2)ccc1O. The molecule has 1 fully saturated rings. The van der Waals surface area contributed by atoms with Gasteiger partial charge >= 0.3 is 5.97 Å². The number of ketones is 2. The van der Waals surface area contributed by atoms with Gasteiger partial charge in [-0.25, -0.2) is 4.79 Å². The quantitative estimate of drug-likeness (QED) is 0.222. The van der Waals surface area contributed by atoms with Crippen LogP contribution in [0, 0.1) is 0 Å². The molecule has 1 aliphatic rings. The van der Waals surface area contributed by atoms with E-state index in [1.165, 1.54) is 26.4 Å². The van der Waals surface area contributed by atoms with Gasteiger partial charge in [0.25, 0.3) is 0 Å². The van der Waals surface area contributed by atoms with E-state index in [4.69, 9.17) is 18.9 Å². The summed E-state index contributed by atoms with van der Waals surface area (Å²) < 4.78 is 21.0. The third-order valence-electron chi connectivity index (χ3n) is 6.31. The third-order valence-corrected chi connectivity index (χ3v) is 6.31. The van der Waals surface area contributed by atoms with Crippen molar-refractivity contribution in [2.75, 3.05) is 14.2 Å². The van der Waals surface area contributed by atoms with E-state index in [2.05, 4.69) is 0 Å². The molecule has 0 bridgehead atoms. The standard InChI is InChI=1S/C27H32O12/c1-36-20-11-14(5-9-18(20)30)3-7-16(28)13-17(29)8-4-15-6-10-19(21(12-15)37-2)38-27-24(33)22(31)23(32)25(39-27)26(34)35/h5-6,9-12,22-25,27,30-33H,3-4,7-8,13H2,1-2H3,(H,34,35)/t22-,23+,24+,25-,27-/m1/s1. The molecular formula is C27H32O12. The van der Waals surface area contributed by atoms with E-state index in [1.54, 1.807) is 24.3 Å². The first-order valence-corrected chi connectivity index (χ1v) is 12.2. The van der Waals surface area contributed by atoms with E-state index in [-0.39, 0.29) is 48.1 Å². The molecule has 0 radical (unpaired) electrons. The molecule has 1 heterocycles. The van der Waals surface area contributed by atoms with E-state index in [9.17, 15) is 39.9 Å². The van der Waals surface area contributed by atoms with Crippen LogP contribution in [0.4, 0.5) is 0 Å². The van der Waals surface area contributed by atoms with Crippen LogP contribution in [0.5, 0.6) is 23.0 Å². The predicted octanol–water partition coefficient (Wildman–Crippen LogP) is 0.774. The number of aliphatic hydroxyl groups excluding tert-OH is 3. The topological polar surface area (TPSA) is 189 Å². The molecule has 1 saturated heterocycles. The lowest BCUT2D eigenvalue weighted by atomic mass is 9.99. The lowest BCUT2D eigenvalue weighted by Gasteiger charge is -2.38. The molecule has 2 aromatic rings. The molecule has 5 N–H and O–H groups in total. The maximum atomic E-state index is 12.4. The van der Waals surface area contributed by atoms with Crippen LogP contribution in [0.1, 0.15) is 30.4 Å². The number of methoxy groups -OCH3 is 2. The second-order valence-corrected chi connectivity index (χ2v) is 9.10. The maximum Gasteiger partial charge on any atom is 0.335 e. The van der Waals surface area contributed by atoms with Gasteiger partial charge in [0.05, 0.1) is 20.6 Å². The third kappa shape index (κ3) is 7.67. The van der Waals surface area contributed by atoms with Crippen molar-refractivity contribution < 1.29 is 58.9 Å². The minimum atomic E-state index is -1.85. The van der Waals surface area contributed by atoms with Crippen LogP contribution in [0.2, 0.25) is 0 Å². The number of aliphatic hydroxyl groups is 3. The van der Waals surface area contributed by atoms with E-state index in [0.717, 1.165) is 5.56 Å². The first kappa shape index (κ1) is 29.8. The number of carbonyl (C=O) groups is 3. The van der Waals surface area contributed by atoms with Crippen molar-refractivity contribution in [2.24, 2.45) is 0 Å². The number of hydrogen-bond donors (Lipinski definition) is 5. The van der Waals surface area contributed by atoms with Crippen LogP contribution in [0.25, 0.3) is 0 Å². The van der Waals surface area contributed by atoms with Crippen molar-refractivity contribution in [3.05, 3.63) is 47.5 Å². The lowest BCUT2D eigenvalue weighted by molar-refractivity contribution is -0.271. The zero-order chi connectivity index (χ0) is 28.7. The first-order chi connectivity index (χ1) is 18.5. The maximum absolute atomic E-state index is 12.4. The summed E-state index contributed by atoms with van der Waals surface area (Å²) >= 11 is 0. The molecule has 2 aromatic carbocycles. The Morgan fingerprint density at radius 3 is 1.92 bits per heavy atom. The fourth-order valence-corrected chi connectivity index (χ4v) is 4.08. The Kier molecular flexibility index (Phi) is 10.2. The molecular weight excluding hydrogens is 516 g/mol. The molecule has 1 aliphatic heterocycles. The molecule has 39 heavy (non-hydrogen) atoms. The number of aryl methyl sites for hydroxylation is 2. The van der Waals surface area contributed by atoms with Crippen LogP contribution in [0.3, 0.4) is 0 Å². The zero-order valence-corrected chi connectivity index (χ0v) is 21.5. The molecule has 212 valence electrons. The van der Waals surface area contributed by atoms with E-state index in [0.29, 0.717) is 24.2 Å². The van der Waals surface area contributed by atoms with Gasteiger partial charge in [-0.1, -0.05) is 12.1 Å². The van der Waals surface area contributed by atoms with Gasteiger partial charge in [-0.3, -0.25) is 9.59 Å². The molecule has 0 unspecified atom stereocenters. The van der Waals surface area contributed by atoms with E-state index in [1.807, 2.05) is 0 Å². The number of ether oxygens (including phenoxy) is 4. The summed E-state index contributed by atoms with van der Waals surface area (Å²) in [6.45, 7) is 0. The average molecular weight is 549 g/mol. The highest BCUT2D eigenvalue weighted by Crippen LogP contribution is 2.32. The van der Waals surface area contributed by atoms with Crippen LogP contribution in [-0.2, 0) is 32.0 Å². The zero-order valence-electron chi connectivity index (χ0n) is 21.5. The fourth-order valence-electron chi connectivity index (χ4n) is 4.08. The normalized spacial score (nSPS) is 22.6. The van der Waals surface area contributed by atoms with Gasteiger partial charge in [0.1, 0.15) is 29.9 Å². The molecule has 12 nitrogen and oxygen atoms in total. The number of carboxylic acid groups (broad SMARTS) is 1. The highest BCUT2D eigenvalue weighted by atomic mass is 16.7. The van der Waals surface area contributed by atoms with Crippen molar-refractivity contribution in [1.82, 2.24) is 0 Å². The van der Waals surface area contributed by atoms with Crippen molar-refractivity contribution >= 4 is 17.5 Å². The van der Waals surface area contributed by atoms with Crippen molar-refractivity contribution in [3.8, 4) is 23.0 Å². The number of benzene rings is 2. The molecule has 0 amide bonds. The first-order valence-electron chi connectivity index (χ1n) is 12.2. The van der Waals surface area contributed by atoms with Crippen LogP contribution >= 0.6 is 0 Å². The Morgan fingerprint density at radius 2 is 1.36 bits per heavy atom. The van der Waals surface area contributed by atoms with Crippen LogP contribution < -0.4 is 14.2 Å². The second-order valence-electron chi connectivity index (χ2n) is 9.10. The Hall–Kier alpha value is -3.71. The van der Waals surface area contributed by atoms with Gasteiger partial charge in [0, 0.05) is 12.8 Å². The Labute approximate surface area is 224 Å². The molecule has 0 spiro atoms. The average Bonchev–Trinajstić information content (AvgIpc) is 2.91. The summed E-state index contributed by atoms with van der Waals surface area (Å²) in [4.78, 5) is 36.0. The monoisotopic (exact) mass is 548 g/mol. The minimum Gasteiger partial charge on any atom is -0.504 e. The summed E-state index contributed by atoms with van der Waals surface area (Å²) in [5, 5.41) is 48.8. The molecule has 0 saturated carbocycles. The summed E-state index contributed by atoms with van der Waals surface area (Å²) in [6.07, 6.45) is -8.00. The second kappa shape index (κ2) is 13.4. The molecule has 0 aliphatic carbocycles. The number of aliphatic carboxylic acids is 1. The number of carboxylic acids is 1. The Bertz CT molecular complexity index is 1180.